The molecule has 0 saturated carbocycles. The van der Waals surface area contributed by atoms with E-state index in [0.29, 0.717) is 25.8 Å². The highest BCUT2D eigenvalue weighted by atomic mass is 16.4. The van der Waals surface area contributed by atoms with E-state index in [1.807, 2.05) is 27.7 Å². The molecule has 0 radical (unpaired) electrons. The molecular weight excluding hydrogens is 296 g/mol. The Kier molecular flexibility index (Phi) is 7.52. The maximum absolute atomic E-state index is 12.7. The van der Waals surface area contributed by atoms with E-state index in [2.05, 4.69) is 5.32 Å². The van der Waals surface area contributed by atoms with Gasteiger partial charge in [-0.1, -0.05) is 27.7 Å². The molecule has 1 fully saturated rings. The van der Waals surface area contributed by atoms with Crippen LogP contribution in [0, 0.1) is 11.8 Å². The van der Waals surface area contributed by atoms with E-state index in [1.54, 1.807) is 4.90 Å². The summed E-state index contributed by atoms with van der Waals surface area (Å²) in [5.74, 6) is -0.972. The van der Waals surface area contributed by atoms with Gasteiger partial charge in [0.1, 0.15) is 12.1 Å². The topological polar surface area (TPSA) is 86.7 Å². The van der Waals surface area contributed by atoms with Crippen LogP contribution in [0.4, 0.5) is 0 Å². The predicted octanol–water partition coefficient (Wildman–Crippen LogP) is 2.03. The van der Waals surface area contributed by atoms with Crippen molar-refractivity contribution in [2.75, 3.05) is 6.54 Å². The zero-order chi connectivity index (χ0) is 17.6. The lowest BCUT2D eigenvalue weighted by Gasteiger charge is -2.35. The van der Waals surface area contributed by atoms with Gasteiger partial charge in [-0.3, -0.25) is 9.59 Å². The van der Waals surface area contributed by atoms with E-state index in [4.69, 9.17) is 0 Å². The van der Waals surface area contributed by atoms with E-state index in [-0.39, 0.29) is 23.7 Å². The number of carboxylic acids is 1. The summed E-state index contributed by atoms with van der Waals surface area (Å²) >= 11 is 0. The van der Waals surface area contributed by atoms with Gasteiger partial charge in [0.2, 0.25) is 11.8 Å². The fourth-order valence-corrected chi connectivity index (χ4v) is 2.94. The molecule has 0 bridgehead atoms. The van der Waals surface area contributed by atoms with Crippen molar-refractivity contribution >= 4 is 17.8 Å². The summed E-state index contributed by atoms with van der Waals surface area (Å²) in [6, 6.07) is -1.48. The van der Waals surface area contributed by atoms with Crippen LogP contribution in [0.2, 0.25) is 0 Å². The minimum Gasteiger partial charge on any atom is -0.480 e. The number of carbonyl (C=O) groups is 3. The van der Waals surface area contributed by atoms with Gasteiger partial charge in [-0.05, 0) is 37.5 Å². The number of nitrogens with zero attached hydrogens (tertiary/aromatic N) is 1. The Hall–Kier alpha value is -1.59. The van der Waals surface area contributed by atoms with Crippen LogP contribution in [-0.2, 0) is 14.4 Å². The minimum atomic E-state index is -1.03. The molecule has 1 saturated heterocycles. The second-order valence-corrected chi connectivity index (χ2v) is 7.22. The highest BCUT2D eigenvalue weighted by molar-refractivity contribution is 5.90. The van der Waals surface area contributed by atoms with Crippen molar-refractivity contribution in [1.29, 1.82) is 0 Å². The van der Waals surface area contributed by atoms with Gasteiger partial charge >= 0.3 is 5.97 Å². The lowest BCUT2D eigenvalue weighted by molar-refractivity contribution is -0.146. The molecule has 0 spiro atoms. The lowest BCUT2D eigenvalue weighted by Crippen LogP contribution is -2.55. The van der Waals surface area contributed by atoms with Crippen molar-refractivity contribution in [2.24, 2.45) is 11.8 Å². The minimum absolute atomic E-state index is 0.00668. The summed E-state index contributed by atoms with van der Waals surface area (Å²) in [4.78, 5) is 37.8. The summed E-state index contributed by atoms with van der Waals surface area (Å²) in [5, 5.41) is 11.9. The normalized spacial score (nSPS) is 18.2. The zero-order valence-corrected chi connectivity index (χ0v) is 14.7. The van der Waals surface area contributed by atoms with Crippen LogP contribution in [0.25, 0.3) is 0 Å². The average molecular weight is 326 g/mol. The molecule has 6 nitrogen and oxygen atoms in total. The molecule has 23 heavy (non-hydrogen) atoms. The number of amides is 2. The Morgan fingerprint density at radius 2 is 1.74 bits per heavy atom. The Morgan fingerprint density at radius 1 is 1.13 bits per heavy atom. The van der Waals surface area contributed by atoms with Crippen LogP contribution in [0.3, 0.4) is 0 Å². The largest absolute Gasteiger partial charge is 0.480 e. The Bertz CT molecular complexity index is 434. The Morgan fingerprint density at radius 3 is 2.22 bits per heavy atom. The highest BCUT2D eigenvalue weighted by Gasteiger charge is 2.33. The van der Waals surface area contributed by atoms with Gasteiger partial charge in [0.05, 0.1) is 0 Å². The monoisotopic (exact) mass is 326 g/mol. The molecule has 0 aromatic heterocycles. The number of carboxylic acid groups (broad SMARTS) is 1. The SMILES string of the molecule is CC(C)CC(C(=O)N[C@H](CC(C)C)C(=O)O)N1CCCCC1=O. The third-order valence-corrected chi connectivity index (χ3v) is 4.06. The van der Waals surface area contributed by atoms with E-state index in [0.717, 1.165) is 12.8 Å². The fraction of sp³-hybridized carbons (Fsp3) is 0.824. The molecule has 6 heteroatoms. The summed E-state index contributed by atoms with van der Waals surface area (Å²) in [6.45, 7) is 8.41. The summed E-state index contributed by atoms with van der Waals surface area (Å²) < 4.78 is 0. The molecule has 2 amide bonds. The summed E-state index contributed by atoms with van der Waals surface area (Å²) in [5.41, 5.74) is 0. The van der Waals surface area contributed by atoms with Crippen molar-refractivity contribution in [3.05, 3.63) is 0 Å². The number of likely N-dealkylation sites (tertiary alicyclic amines) is 1. The van der Waals surface area contributed by atoms with Gasteiger partial charge in [0.15, 0.2) is 0 Å². The predicted molar refractivity (Wildman–Crippen MR) is 87.8 cm³/mol. The number of hydrogen-bond donors (Lipinski definition) is 2. The third kappa shape index (κ3) is 6.20. The van der Waals surface area contributed by atoms with Crippen molar-refractivity contribution in [2.45, 2.75) is 71.9 Å². The van der Waals surface area contributed by atoms with E-state index < -0.39 is 18.1 Å². The van der Waals surface area contributed by atoms with Gasteiger partial charge in [-0.15, -0.1) is 0 Å². The van der Waals surface area contributed by atoms with Crippen LogP contribution < -0.4 is 5.32 Å². The molecule has 0 aliphatic carbocycles. The zero-order valence-electron chi connectivity index (χ0n) is 14.7. The molecule has 1 aliphatic heterocycles. The van der Waals surface area contributed by atoms with Crippen molar-refractivity contribution in [3.63, 3.8) is 0 Å². The summed E-state index contributed by atoms with van der Waals surface area (Å²) in [7, 11) is 0. The first kappa shape index (κ1) is 19.5. The van der Waals surface area contributed by atoms with Crippen LogP contribution in [0.15, 0.2) is 0 Å². The highest BCUT2D eigenvalue weighted by Crippen LogP contribution is 2.19. The number of piperidine rings is 1. The Labute approximate surface area is 138 Å². The van der Waals surface area contributed by atoms with Crippen LogP contribution in [0.1, 0.15) is 59.8 Å². The third-order valence-electron chi connectivity index (χ3n) is 4.06. The van der Waals surface area contributed by atoms with Gasteiger partial charge in [-0.2, -0.15) is 0 Å². The lowest BCUT2D eigenvalue weighted by atomic mass is 9.97. The van der Waals surface area contributed by atoms with Gasteiger partial charge in [0.25, 0.3) is 0 Å². The molecule has 2 atom stereocenters. The molecule has 2 N–H and O–H groups in total. The number of rotatable bonds is 8. The van der Waals surface area contributed by atoms with E-state index >= 15 is 0 Å². The number of nitrogens with one attached hydrogen (secondary N) is 1. The van der Waals surface area contributed by atoms with E-state index in [1.165, 1.54) is 0 Å². The molecule has 1 aliphatic rings. The van der Waals surface area contributed by atoms with Crippen molar-refractivity contribution in [3.8, 4) is 0 Å². The second-order valence-electron chi connectivity index (χ2n) is 7.22. The first-order valence-corrected chi connectivity index (χ1v) is 8.55. The first-order chi connectivity index (χ1) is 10.7. The van der Waals surface area contributed by atoms with Gasteiger partial charge in [0, 0.05) is 13.0 Å². The van der Waals surface area contributed by atoms with Gasteiger partial charge < -0.3 is 15.3 Å². The van der Waals surface area contributed by atoms with Crippen LogP contribution >= 0.6 is 0 Å². The number of carbonyl (C=O) groups excluding carboxylic acids is 2. The quantitative estimate of drug-likeness (QED) is 0.714. The first-order valence-electron chi connectivity index (χ1n) is 8.55. The molecule has 0 aromatic rings. The Balaban J connectivity index is 2.85. The van der Waals surface area contributed by atoms with Crippen molar-refractivity contribution < 1.29 is 19.5 Å². The maximum Gasteiger partial charge on any atom is 0.326 e. The van der Waals surface area contributed by atoms with Crippen LogP contribution in [-0.4, -0.2) is 46.4 Å². The molecule has 1 unspecified atom stereocenters. The maximum atomic E-state index is 12.7. The number of hydrogen-bond acceptors (Lipinski definition) is 3. The molecule has 1 rings (SSSR count). The van der Waals surface area contributed by atoms with Crippen LogP contribution in [0.5, 0.6) is 0 Å². The standard InChI is InChI=1S/C17H30N2O4/c1-11(2)9-13(17(22)23)18-16(21)14(10-12(3)4)19-8-6-5-7-15(19)20/h11-14H,5-10H2,1-4H3,(H,18,21)(H,22,23)/t13-,14?/m1/s1. The van der Waals surface area contributed by atoms with Gasteiger partial charge in [-0.25, -0.2) is 4.79 Å². The van der Waals surface area contributed by atoms with E-state index in [9.17, 15) is 19.5 Å². The molecule has 0 aromatic carbocycles. The number of aliphatic carboxylic acids is 1. The fourth-order valence-electron chi connectivity index (χ4n) is 2.94. The average Bonchev–Trinajstić information content (AvgIpc) is 2.44. The smallest absolute Gasteiger partial charge is 0.326 e. The second kappa shape index (κ2) is 8.89. The molecule has 1 heterocycles. The molecular formula is C17H30N2O4. The summed E-state index contributed by atoms with van der Waals surface area (Å²) in [6.07, 6.45) is 3.14. The molecule has 132 valence electrons. The van der Waals surface area contributed by atoms with Crippen molar-refractivity contribution in [1.82, 2.24) is 10.2 Å².